The fourth-order valence-electron chi connectivity index (χ4n) is 2.26. The van der Waals surface area contributed by atoms with Crippen LogP contribution in [0.25, 0.3) is 10.9 Å². The number of nitro groups is 1. The van der Waals surface area contributed by atoms with Gasteiger partial charge in [0.2, 0.25) is 0 Å². The molecule has 24 heavy (non-hydrogen) atoms. The number of benzene rings is 2. The summed E-state index contributed by atoms with van der Waals surface area (Å²) in [5.74, 6) is -0.178. The molecule has 0 spiro atoms. The fraction of sp³-hybridized carbons (Fsp3) is 0.0588. The topological polar surface area (TPSA) is 97.9 Å². The lowest BCUT2D eigenvalue weighted by molar-refractivity contribution is -0.383. The monoisotopic (exact) mass is 323 g/mol. The van der Waals surface area contributed by atoms with Crippen molar-refractivity contribution >= 4 is 22.8 Å². The molecule has 7 heteroatoms. The van der Waals surface area contributed by atoms with Crippen LogP contribution in [0.4, 0.5) is 5.69 Å². The first-order valence-corrected chi connectivity index (χ1v) is 7.11. The molecule has 0 fully saturated rings. The Kier molecular flexibility index (Phi) is 4.33. The number of rotatable bonds is 5. The van der Waals surface area contributed by atoms with Gasteiger partial charge in [-0.15, -0.1) is 0 Å². The summed E-state index contributed by atoms with van der Waals surface area (Å²) >= 11 is 0. The van der Waals surface area contributed by atoms with Crippen molar-refractivity contribution in [2.24, 2.45) is 5.16 Å². The van der Waals surface area contributed by atoms with E-state index in [1.54, 1.807) is 6.07 Å². The lowest BCUT2D eigenvalue weighted by Crippen LogP contribution is -1.95. The van der Waals surface area contributed by atoms with Gasteiger partial charge in [0.1, 0.15) is 12.1 Å². The number of hydrogen-bond acceptors (Lipinski definition) is 6. The summed E-state index contributed by atoms with van der Waals surface area (Å²) in [4.78, 5) is 19.9. The van der Waals surface area contributed by atoms with Crippen LogP contribution in [0.3, 0.4) is 0 Å². The first-order chi connectivity index (χ1) is 11.7. The number of aromatic nitrogens is 1. The van der Waals surface area contributed by atoms with Gasteiger partial charge < -0.3 is 9.94 Å². The number of non-ortho nitro benzene ring substituents is 1. The van der Waals surface area contributed by atoms with Gasteiger partial charge in [-0.05, 0) is 17.7 Å². The molecule has 0 saturated heterocycles. The average Bonchev–Trinajstić information content (AvgIpc) is 2.61. The Bertz CT molecular complexity index is 910. The first kappa shape index (κ1) is 15.4. The number of nitrogens with zero attached hydrogens (tertiary/aromatic N) is 3. The van der Waals surface area contributed by atoms with E-state index in [1.165, 1.54) is 24.5 Å². The van der Waals surface area contributed by atoms with Crippen molar-refractivity contribution in [1.29, 1.82) is 0 Å². The maximum atomic E-state index is 11.2. The second kappa shape index (κ2) is 6.74. The molecule has 0 atom stereocenters. The number of phenols is 1. The highest BCUT2D eigenvalue weighted by atomic mass is 16.6. The zero-order chi connectivity index (χ0) is 16.9. The lowest BCUT2D eigenvalue weighted by Gasteiger charge is -2.05. The zero-order valence-electron chi connectivity index (χ0n) is 12.5. The van der Waals surface area contributed by atoms with Crippen molar-refractivity contribution in [2.75, 3.05) is 0 Å². The maximum absolute atomic E-state index is 11.2. The molecule has 0 aliphatic heterocycles. The predicted octanol–water partition coefficient (Wildman–Crippen LogP) is 3.40. The Hall–Kier alpha value is -3.48. The number of pyridine rings is 1. The predicted molar refractivity (Wildman–Crippen MR) is 88.9 cm³/mol. The summed E-state index contributed by atoms with van der Waals surface area (Å²) in [6, 6.07) is 13.8. The third kappa shape index (κ3) is 3.14. The molecule has 0 saturated carbocycles. The summed E-state index contributed by atoms with van der Waals surface area (Å²) < 4.78 is 0. The van der Waals surface area contributed by atoms with Crippen molar-refractivity contribution in [3.8, 4) is 5.75 Å². The SMILES string of the molecule is O=[N+]([O-])c1cc(/C=N/OCc2ccccc2)c(O)c2ncccc12. The van der Waals surface area contributed by atoms with Crippen LogP contribution in [0, 0.1) is 10.1 Å². The van der Waals surface area contributed by atoms with Crippen molar-refractivity contribution in [2.45, 2.75) is 6.61 Å². The molecule has 3 rings (SSSR count). The molecule has 0 radical (unpaired) electrons. The van der Waals surface area contributed by atoms with Crippen molar-refractivity contribution in [1.82, 2.24) is 4.98 Å². The van der Waals surface area contributed by atoms with Gasteiger partial charge in [-0.25, -0.2) is 0 Å². The van der Waals surface area contributed by atoms with Gasteiger partial charge in [0.05, 0.1) is 16.5 Å². The minimum Gasteiger partial charge on any atom is -0.505 e. The van der Waals surface area contributed by atoms with Crippen LogP contribution in [0.5, 0.6) is 5.75 Å². The second-order valence-corrected chi connectivity index (χ2v) is 4.98. The number of nitro benzene ring substituents is 1. The number of hydrogen-bond donors (Lipinski definition) is 1. The van der Waals surface area contributed by atoms with E-state index in [0.29, 0.717) is 0 Å². The summed E-state index contributed by atoms with van der Waals surface area (Å²) in [5, 5.41) is 25.5. The normalized spacial score (nSPS) is 11.0. The van der Waals surface area contributed by atoms with Crippen molar-refractivity contribution in [3.05, 3.63) is 76.0 Å². The second-order valence-electron chi connectivity index (χ2n) is 4.98. The Balaban J connectivity index is 1.87. The molecular formula is C17H13N3O4. The van der Waals surface area contributed by atoms with Crippen LogP contribution < -0.4 is 0 Å². The largest absolute Gasteiger partial charge is 0.505 e. The molecule has 0 bridgehead atoms. The fourth-order valence-corrected chi connectivity index (χ4v) is 2.26. The quantitative estimate of drug-likeness (QED) is 0.441. The molecule has 120 valence electrons. The molecule has 2 aromatic carbocycles. The molecule has 0 aliphatic rings. The van der Waals surface area contributed by atoms with E-state index in [9.17, 15) is 15.2 Å². The minimum atomic E-state index is -0.522. The van der Waals surface area contributed by atoms with Crippen LogP contribution in [0.15, 0.2) is 59.9 Å². The molecule has 0 amide bonds. The lowest BCUT2D eigenvalue weighted by atomic mass is 10.1. The highest BCUT2D eigenvalue weighted by Crippen LogP contribution is 2.33. The Morgan fingerprint density at radius 1 is 1.25 bits per heavy atom. The molecular weight excluding hydrogens is 310 g/mol. The molecule has 0 aliphatic carbocycles. The maximum Gasteiger partial charge on any atom is 0.279 e. The molecule has 0 unspecified atom stereocenters. The summed E-state index contributed by atoms with van der Waals surface area (Å²) in [6.45, 7) is 0.256. The highest BCUT2D eigenvalue weighted by Gasteiger charge is 2.18. The number of phenolic OH excluding ortho intramolecular Hbond substituents is 1. The van der Waals surface area contributed by atoms with E-state index in [-0.39, 0.29) is 34.5 Å². The molecule has 1 N–H and O–H groups in total. The average molecular weight is 323 g/mol. The van der Waals surface area contributed by atoms with Crippen LogP contribution in [-0.4, -0.2) is 21.2 Å². The molecule has 3 aromatic rings. The third-order valence-electron chi connectivity index (χ3n) is 3.41. The van der Waals surface area contributed by atoms with Gasteiger partial charge >= 0.3 is 0 Å². The van der Waals surface area contributed by atoms with Crippen molar-refractivity contribution in [3.63, 3.8) is 0 Å². The van der Waals surface area contributed by atoms with E-state index in [0.717, 1.165) is 5.56 Å². The zero-order valence-corrected chi connectivity index (χ0v) is 12.5. The van der Waals surface area contributed by atoms with Gasteiger partial charge in [0, 0.05) is 17.8 Å². The summed E-state index contributed by atoms with van der Waals surface area (Å²) in [5.41, 5.74) is 1.10. The highest BCUT2D eigenvalue weighted by molar-refractivity contribution is 5.99. The van der Waals surface area contributed by atoms with Crippen LogP contribution in [0.1, 0.15) is 11.1 Å². The van der Waals surface area contributed by atoms with E-state index in [2.05, 4.69) is 10.1 Å². The number of fused-ring (bicyclic) bond motifs is 1. The van der Waals surface area contributed by atoms with E-state index in [4.69, 9.17) is 4.84 Å². The minimum absolute atomic E-state index is 0.149. The van der Waals surface area contributed by atoms with E-state index in [1.807, 2.05) is 30.3 Å². The Labute approximate surface area is 137 Å². The number of aromatic hydroxyl groups is 1. The van der Waals surface area contributed by atoms with Crippen molar-refractivity contribution < 1.29 is 14.9 Å². The van der Waals surface area contributed by atoms with Crippen LogP contribution in [0.2, 0.25) is 0 Å². The Morgan fingerprint density at radius 3 is 2.79 bits per heavy atom. The molecule has 7 nitrogen and oxygen atoms in total. The van der Waals surface area contributed by atoms with E-state index >= 15 is 0 Å². The van der Waals surface area contributed by atoms with Gasteiger partial charge in [-0.1, -0.05) is 35.5 Å². The standard InChI is InChI=1S/C17H13N3O4/c21-17-13(10-19-24-11-12-5-2-1-3-6-12)9-15(20(22)23)14-7-4-8-18-16(14)17/h1-10,21H,11H2/b19-10+. The first-order valence-electron chi connectivity index (χ1n) is 7.11. The molecule has 1 heterocycles. The molecule has 1 aromatic heterocycles. The summed E-state index contributed by atoms with van der Waals surface area (Å²) in [7, 11) is 0. The van der Waals surface area contributed by atoms with Crippen LogP contribution in [-0.2, 0) is 11.4 Å². The van der Waals surface area contributed by atoms with Gasteiger partial charge in [0.25, 0.3) is 5.69 Å². The van der Waals surface area contributed by atoms with Gasteiger partial charge in [-0.3, -0.25) is 15.1 Å². The van der Waals surface area contributed by atoms with Crippen LogP contribution >= 0.6 is 0 Å². The van der Waals surface area contributed by atoms with Gasteiger partial charge in [0.15, 0.2) is 5.75 Å². The Morgan fingerprint density at radius 2 is 2.04 bits per heavy atom. The smallest absolute Gasteiger partial charge is 0.279 e. The van der Waals surface area contributed by atoms with E-state index < -0.39 is 4.92 Å². The third-order valence-corrected chi connectivity index (χ3v) is 3.41. The number of oxime groups is 1. The van der Waals surface area contributed by atoms with Gasteiger partial charge in [-0.2, -0.15) is 0 Å². The summed E-state index contributed by atoms with van der Waals surface area (Å²) in [6.07, 6.45) is 2.69.